The molecule has 1 radical (unpaired) electrons. The number of benzene rings is 3. The van der Waals surface area contributed by atoms with Crippen molar-refractivity contribution in [1.82, 2.24) is 0 Å². The molecule has 2 nitrogen and oxygen atoms in total. The second kappa shape index (κ2) is 13.2. The third-order valence-electron chi connectivity index (χ3n) is 3.80. The van der Waals surface area contributed by atoms with Gasteiger partial charge in [-0.15, -0.1) is 5.56 Å². The first-order valence-corrected chi connectivity index (χ1v) is 10.6. The van der Waals surface area contributed by atoms with Crippen molar-refractivity contribution in [3.8, 4) is 0 Å². The Hall–Kier alpha value is -2.05. The first kappa shape index (κ1) is 24.0. The minimum absolute atomic E-state index is 0. The van der Waals surface area contributed by atoms with Crippen molar-refractivity contribution in [2.24, 2.45) is 0 Å². The standard InChI is InChI=1S/C19H16P.C5H8O2.Ir/c1-4-10-17(11-5-1)16-20(18-12-6-2-7-13-18)19-14-8-3-9-15-19;1-4(6)3-5(2)7;/h1-10,12-15H,16H2;3,6H,1-2H3;/q-1;;/p+1/b;4-3-;. The van der Waals surface area contributed by atoms with Gasteiger partial charge in [0.25, 0.3) is 0 Å². The van der Waals surface area contributed by atoms with Crippen LogP contribution in [0.25, 0.3) is 0 Å². The molecule has 3 rings (SSSR count). The molecule has 0 amide bonds. The maximum atomic E-state index is 10.0. The summed E-state index contributed by atoms with van der Waals surface area (Å²) in [6.07, 6.45) is 2.25. The molecule has 0 heterocycles. The molecule has 0 bridgehead atoms. The predicted octanol–water partition coefficient (Wildman–Crippen LogP) is 4.89. The topological polar surface area (TPSA) is 37.3 Å². The average molecular weight is 569 g/mol. The molecule has 4 heteroatoms. The summed E-state index contributed by atoms with van der Waals surface area (Å²) >= 11 is 0. The van der Waals surface area contributed by atoms with Crippen LogP contribution in [0.3, 0.4) is 0 Å². The summed E-state index contributed by atoms with van der Waals surface area (Å²) in [5.41, 5.74) is 1.30. The van der Waals surface area contributed by atoms with E-state index in [1.54, 1.807) is 0 Å². The van der Waals surface area contributed by atoms with Crippen molar-refractivity contribution in [3.63, 3.8) is 0 Å². The number of hydrogen-bond acceptors (Lipinski definition) is 2. The van der Waals surface area contributed by atoms with Gasteiger partial charge in [-0.25, -0.2) is 0 Å². The molecule has 0 saturated heterocycles. The minimum Gasteiger partial charge on any atom is -0.512 e. The Morgan fingerprint density at radius 2 is 1.39 bits per heavy atom. The smallest absolute Gasteiger partial charge is 0.155 e. The number of aliphatic hydroxyl groups excluding tert-OH is 1. The predicted molar refractivity (Wildman–Crippen MR) is 117 cm³/mol. The van der Waals surface area contributed by atoms with Crippen molar-refractivity contribution in [1.29, 1.82) is 0 Å². The van der Waals surface area contributed by atoms with Gasteiger partial charge in [-0.05, 0) is 38.1 Å². The number of carbonyl (C=O) groups is 1. The number of rotatable bonds is 5. The van der Waals surface area contributed by atoms with E-state index in [-0.39, 0.29) is 31.6 Å². The van der Waals surface area contributed by atoms with Gasteiger partial charge in [0, 0.05) is 26.2 Å². The molecule has 28 heavy (non-hydrogen) atoms. The quantitative estimate of drug-likeness (QED) is 0.206. The summed E-state index contributed by atoms with van der Waals surface area (Å²) in [5.74, 6) is -0.0625. The molecule has 3 aromatic rings. The van der Waals surface area contributed by atoms with E-state index >= 15 is 0 Å². The van der Waals surface area contributed by atoms with E-state index in [9.17, 15) is 4.79 Å². The van der Waals surface area contributed by atoms with Gasteiger partial charge in [0.15, 0.2) is 5.78 Å². The fraction of sp³-hybridized carbons (Fsp3) is 0.125. The number of hydrogen-bond donors (Lipinski definition) is 1. The largest absolute Gasteiger partial charge is 0.512 e. The van der Waals surface area contributed by atoms with E-state index in [2.05, 4.69) is 78.9 Å². The van der Waals surface area contributed by atoms with Crippen LogP contribution in [0.1, 0.15) is 19.4 Å². The van der Waals surface area contributed by atoms with Crippen LogP contribution in [0.4, 0.5) is 0 Å². The first-order valence-electron chi connectivity index (χ1n) is 8.86. The number of carbonyl (C=O) groups excluding carboxylic acids is 1. The first-order chi connectivity index (χ1) is 13.1. The Morgan fingerprint density at radius 3 is 1.75 bits per heavy atom. The zero-order valence-electron chi connectivity index (χ0n) is 16.1. The van der Waals surface area contributed by atoms with E-state index in [1.165, 1.54) is 36.1 Å². The average Bonchev–Trinajstić information content (AvgIpc) is 2.68. The SMILES string of the molecule is CC(=O)/C=C(/C)O.[Ir].[c-]1ccccc1C[PH+](c1ccccc1)c1ccccc1. The third-order valence-corrected chi connectivity index (χ3v) is 6.59. The van der Waals surface area contributed by atoms with Crippen LogP contribution in [0, 0.1) is 6.07 Å². The Kier molecular flexibility index (Phi) is 11.3. The molecule has 3 aromatic carbocycles. The zero-order chi connectivity index (χ0) is 19.5. The van der Waals surface area contributed by atoms with Crippen molar-refractivity contribution >= 4 is 24.3 Å². The van der Waals surface area contributed by atoms with E-state index in [0.29, 0.717) is 0 Å². The summed E-state index contributed by atoms with van der Waals surface area (Å²) in [7, 11) is -0.783. The van der Waals surface area contributed by atoms with Gasteiger partial charge in [-0.3, -0.25) is 4.79 Å². The molecule has 0 aliphatic carbocycles. The van der Waals surface area contributed by atoms with Crippen molar-refractivity contribution in [2.45, 2.75) is 20.0 Å². The molecule has 0 aromatic heterocycles. The summed E-state index contributed by atoms with van der Waals surface area (Å²) in [6, 6.07) is 33.4. The van der Waals surface area contributed by atoms with Crippen LogP contribution >= 0.6 is 7.92 Å². The summed E-state index contributed by atoms with van der Waals surface area (Å²) < 4.78 is 0. The Balaban J connectivity index is 0.000000425. The summed E-state index contributed by atoms with van der Waals surface area (Å²) in [5, 5.41) is 11.3. The van der Waals surface area contributed by atoms with Gasteiger partial charge in [0.05, 0.1) is 30.5 Å². The number of aliphatic hydroxyl groups is 1. The van der Waals surface area contributed by atoms with E-state index in [1.807, 2.05) is 12.1 Å². The normalized spacial score (nSPS) is 10.5. The van der Waals surface area contributed by atoms with Crippen molar-refractivity contribution in [3.05, 3.63) is 108 Å². The van der Waals surface area contributed by atoms with Gasteiger partial charge < -0.3 is 5.11 Å². The maximum Gasteiger partial charge on any atom is 0.155 e. The van der Waals surface area contributed by atoms with Gasteiger partial charge in [-0.1, -0.05) is 36.4 Å². The molecular weight excluding hydrogens is 543 g/mol. The summed E-state index contributed by atoms with van der Waals surface area (Å²) in [6.45, 7) is 2.85. The number of allylic oxidation sites excluding steroid dienone is 2. The van der Waals surface area contributed by atoms with Crippen LogP contribution in [-0.2, 0) is 31.1 Å². The summed E-state index contributed by atoms with van der Waals surface area (Å²) in [4.78, 5) is 10.0. The molecular formula is C24H25IrO2P. The fourth-order valence-corrected chi connectivity index (χ4v) is 5.21. The molecule has 1 N–H and O–H groups in total. The maximum absolute atomic E-state index is 10.0. The minimum atomic E-state index is -0.783. The number of ketones is 1. The van der Waals surface area contributed by atoms with E-state index in [4.69, 9.17) is 5.11 Å². The molecule has 0 aliphatic heterocycles. The Bertz CT molecular complexity index is 806. The zero-order valence-corrected chi connectivity index (χ0v) is 19.5. The molecule has 0 saturated carbocycles. The van der Waals surface area contributed by atoms with Gasteiger partial charge in [0.2, 0.25) is 0 Å². The molecule has 0 atom stereocenters. The second-order valence-corrected chi connectivity index (χ2v) is 8.64. The van der Waals surface area contributed by atoms with Gasteiger partial charge in [-0.2, -0.15) is 30.3 Å². The molecule has 0 unspecified atom stereocenters. The van der Waals surface area contributed by atoms with Crippen LogP contribution in [-0.4, -0.2) is 10.9 Å². The third kappa shape index (κ3) is 8.76. The Labute approximate surface area is 182 Å². The van der Waals surface area contributed by atoms with Gasteiger partial charge in [0.1, 0.15) is 0 Å². The molecule has 147 valence electrons. The Morgan fingerprint density at radius 1 is 0.893 bits per heavy atom. The molecule has 0 spiro atoms. The fourth-order valence-electron chi connectivity index (χ4n) is 2.67. The van der Waals surface area contributed by atoms with Crippen LogP contribution in [0.15, 0.2) is 96.8 Å². The van der Waals surface area contributed by atoms with Crippen LogP contribution in [0.5, 0.6) is 0 Å². The monoisotopic (exact) mass is 569 g/mol. The van der Waals surface area contributed by atoms with E-state index in [0.717, 1.165) is 6.16 Å². The van der Waals surface area contributed by atoms with Crippen molar-refractivity contribution in [2.75, 3.05) is 0 Å². The van der Waals surface area contributed by atoms with Crippen molar-refractivity contribution < 1.29 is 30.0 Å². The molecule has 0 fully saturated rings. The second-order valence-electron chi connectivity index (χ2n) is 6.17. The molecule has 0 aliphatic rings. The van der Waals surface area contributed by atoms with Crippen LogP contribution < -0.4 is 10.6 Å². The van der Waals surface area contributed by atoms with E-state index < -0.39 is 7.92 Å². The van der Waals surface area contributed by atoms with Gasteiger partial charge >= 0.3 is 0 Å². The van der Waals surface area contributed by atoms with Crippen LogP contribution in [0.2, 0.25) is 0 Å².